The van der Waals surface area contributed by atoms with Gasteiger partial charge in [0, 0.05) is 24.8 Å². The Morgan fingerprint density at radius 1 is 1.15 bits per heavy atom. The molecule has 0 saturated heterocycles. The van der Waals surface area contributed by atoms with Crippen LogP contribution in [0.2, 0.25) is 0 Å². The third-order valence-electron chi connectivity index (χ3n) is 3.91. The lowest BCUT2D eigenvalue weighted by molar-refractivity contribution is -0.119. The Hall–Kier alpha value is -3.02. The monoisotopic (exact) mass is 355 g/mol. The van der Waals surface area contributed by atoms with Gasteiger partial charge in [0.25, 0.3) is 0 Å². The Balaban J connectivity index is 2.20. The van der Waals surface area contributed by atoms with Gasteiger partial charge >= 0.3 is 0 Å². The number of nitrogens with zero attached hydrogens (tertiary/aromatic N) is 1. The summed E-state index contributed by atoms with van der Waals surface area (Å²) in [5.74, 6) is 0.388. The van der Waals surface area contributed by atoms with Gasteiger partial charge in [0.1, 0.15) is 11.8 Å². The molecule has 0 aliphatic rings. The van der Waals surface area contributed by atoms with Gasteiger partial charge in [-0.15, -0.1) is 0 Å². The maximum absolute atomic E-state index is 12.9. The predicted octanol–water partition coefficient (Wildman–Crippen LogP) is 3.51. The van der Waals surface area contributed by atoms with Crippen molar-refractivity contribution in [1.29, 1.82) is 0 Å². The molecule has 2 N–H and O–H groups in total. The molecule has 2 aromatic carbocycles. The Kier molecular flexibility index (Phi) is 6.60. The van der Waals surface area contributed by atoms with Crippen LogP contribution < -0.4 is 20.3 Å². The fourth-order valence-electron chi connectivity index (χ4n) is 2.70. The van der Waals surface area contributed by atoms with Crippen LogP contribution in [0.5, 0.6) is 5.75 Å². The smallest absolute Gasteiger partial charge is 0.249 e. The molecule has 6 nitrogen and oxygen atoms in total. The van der Waals surface area contributed by atoms with Crippen LogP contribution in [0.25, 0.3) is 0 Å². The molecule has 2 amide bonds. The summed E-state index contributed by atoms with van der Waals surface area (Å²) in [6.07, 6.45) is 0. The molecule has 2 rings (SSSR count). The van der Waals surface area contributed by atoms with Gasteiger partial charge in [-0.05, 0) is 44.2 Å². The number of nitrogens with one attached hydrogen (secondary N) is 2. The van der Waals surface area contributed by atoms with E-state index in [2.05, 4.69) is 10.6 Å². The summed E-state index contributed by atoms with van der Waals surface area (Å²) >= 11 is 0. The SMILES string of the molecule is CCN(C(=O)[C@@H](C)Nc1cc(NC(C)=O)ccc1OC)c1ccccc1. The van der Waals surface area contributed by atoms with E-state index in [0.29, 0.717) is 23.7 Å². The average molecular weight is 355 g/mol. The number of rotatable bonds is 7. The minimum atomic E-state index is -0.475. The zero-order valence-electron chi connectivity index (χ0n) is 15.6. The van der Waals surface area contributed by atoms with Gasteiger partial charge < -0.3 is 20.3 Å². The Labute approximate surface area is 154 Å². The van der Waals surface area contributed by atoms with Crippen LogP contribution in [0.4, 0.5) is 17.1 Å². The molecule has 0 aliphatic heterocycles. The number of anilines is 3. The molecule has 6 heteroatoms. The van der Waals surface area contributed by atoms with E-state index in [9.17, 15) is 9.59 Å². The summed E-state index contributed by atoms with van der Waals surface area (Å²) in [5, 5.41) is 5.92. The fourth-order valence-corrected chi connectivity index (χ4v) is 2.70. The van der Waals surface area contributed by atoms with Gasteiger partial charge in [0.2, 0.25) is 11.8 Å². The first-order valence-corrected chi connectivity index (χ1v) is 8.54. The highest BCUT2D eigenvalue weighted by Gasteiger charge is 2.21. The molecule has 0 unspecified atom stereocenters. The number of para-hydroxylation sites is 1. The fraction of sp³-hybridized carbons (Fsp3) is 0.300. The van der Waals surface area contributed by atoms with E-state index in [1.807, 2.05) is 37.3 Å². The van der Waals surface area contributed by atoms with E-state index in [-0.39, 0.29) is 11.8 Å². The van der Waals surface area contributed by atoms with Gasteiger partial charge in [0.15, 0.2) is 0 Å². The van der Waals surface area contributed by atoms with Crippen LogP contribution in [0.3, 0.4) is 0 Å². The number of hydrogen-bond donors (Lipinski definition) is 2. The molecule has 0 aliphatic carbocycles. The zero-order valence-corrected chi connectivity index (χ0v) is 15.6. The van der Waals surface area contributed by atoms with Crippen LogP contribution in [0.15, 0.2) is 48.5 Å². The molecular weight excluding hydrogens is 330 g/mol. The summed E-state index contributed by atoms with van der Waals surface area (Å²) in [5.41, 5.74) is 2.13. The topological polar surface area (TPSA) is 70.7 Å². The lowest BCUT2D eigenvalue weighted by Gasteiger charge is -2.26. The predicted molar refractivity (Wildman–Crippen MR) is 105 cm³/mol. The Morgan fingerprint density at radius 2 is 1.85 bits per heavy atom. The van der Waals surface area contributed by atoms with E-state index < -0.39 is 6.04 Å². The molecule has 2 aromatic rings. The summed E-state index contributed by atoms with van der Waals surface area (Å²) < 4.78 is 5.36. The summed E-state index contributed by atoms with van der Waals surface area (Å²) in [7, 11) is 1.56. The molecule has 0 radical (unpaired) electrons. The lowest BCUT2D eigenvalue weighted by atomic mass is 10.2. The lowest BCUT2D eigenvalue weighted by Crippen LogP contribution is -2.41. The third-order valence-corrected chi connectivity index (χ3v) is 3.91. The molecular formula is C20H25N3O3. The van der Waals surface area contributed by atoms with Gasteiger partial charge in [-0.25, -0.2) is 0 Å². The number of hydrogen-bond acceptors (Lipinski definition) is 4. The molecule has 0 spiro atoms. The molecule has 0 heterocycles. The van der Waals surface area contributed by atoms with Gasteiger partial charge in [0.05, 0.1) is 12.8 Å². The molecule has 0 saturated carbocycles. The van der Waals surface area contributed by atoms with Crippen LogP contribution in [0, 0.1) is 0 Å². The second kappa shape index (κ2) is 8.89. The number of carbonyl (C=O) groups is 2. The maximum atomic E-state index is 12.9. The normalized spacial score (nSPS) is 11.4. The molecule has 26 heavy (non-hydrogen) atoms. The van der Waals surface area contributed by atoms with Crippen molar-refractivity contribution in [1.82, 2.24) is 0 Å². The third kappa shape index (κ3) is 4.75. The number of ether oxygens (including phenoxy) is 1. The molecule has 0 fully saturated rings. The van der Waals surface area contributed by atoms with E-state index in [4.69, 9.17) is 4.74 Å². The first-order valence-electron chi connectivity index (χ1n) is 8.54. The van der Waals surface area contributed by atoms with Gasteiger partial charge in [-0.1, -0.05) is 18.2 Å². The molecule has 0 bridgehead atoms. The number of methoxy groups -OCH3 is 1. The number of benzene rings is 2. The molecule has 0 aromatic heterocycles. The van der Waals surface area contributed by atoms with E-state index in [1.54, 1.807) is 37.1 Å². The first kappa shape index (κ1) is 19.3. The average Bonchev–Trinajstić information content (AvgIpc) is 2.63. The van der Waals surface area contributed by atoms with Crippen LogP contribution in [-0.2, 0) is 9.59 Å². The summed E-state index contributed by atoms with van der Waals surface area (Å²) in [4.78, 5) is 25.9. The van der Waals surface area contributed by atoms with Crippen molar-refractivity contribution in [2.45, 2.75) is 26.8 Å². The van der Waals surface area contributed by atoms with Crippen molar-refractivity contribution in [2.24, 2.45) is 0 Å². The standard InChI is InChI=1S/C20H25N3O3/c1-5-23(17-9-7-6-8-10-17)20(25)14(2)21-18-13-16(22-15(3)24)11-12-19(18)26-4/h6-14,21H,5H2,1-4H3,(H,22,24)/t14-/m1/s1. The van der Waals surface area contributed by atoms with Crippen LogP contribution >= 0.6 is 0 Å². The van der Waals surface area contributed by atoms with Crippen LogP contribution in [-0.4, -0.2) is 31.5 Å². The van der Waals surface area contributed by atoms with E-state index in [1.165, 1.54) is 6.92 Å². The second-order valence-corrected chi connectivity index (χ2v) is 5.88. The van der Waals surface area contributed by atoms with Crippen molar-refractivity contribution >= 4 is 28.9 Å². The van der Waals surface area contributed by atoms with Crippen molar-refractivity contribution in [2.75, 3.05) is 29.2 Å². The van der Waals surface area contributed by atoms with Gasteiger partial charge in [-0.2, -0.15) is 0 Å². The van der Waals surface area contributed by atoms with E-state index in [0.717, 1.165) is 5.69 Å². The van der Waals surface area contributed by atoms with Crippen molar-refractivity contribution < 1.29 is 14.3 Å². The van der Waals surface area contributed by atoms with Crippen molar-refractivity contribution in [3.63, 3.8) is 0 Å². The minimum Gasteiger partial charge on any atom is -0.495 e. The highest BCUT2D eigenvalue weighted by Crippen LogP contribution is 2.29. The highest BCUT2D eigenvalue weighted by atomic mass is 16.5. The van der Waals surface area contributed by atoms with Gasteiger partial charge in [-0.3, -0.25) is 9.59 Å². The van der Waals surface area contributed by atoms with Crippen molar-refractivity contribution in [3.8, 4) is 5.75 Å². The number of likely N-dealkylation sites (N-methyl/N-ethyl adjacent to an activating group) is 1. The Morgan fingerprint density at radius 3 is 2.42 bits per heavy atom. The maximum Gasteiger partial charge on any atom is 0.249 e. The quantitative estimate of drug-likeness (QED) is 0.797. The second-order valence-electron chi connectivity index (χ2n) is 5.88. The largest absolute Gasteiger partial charge is 0.495 e. The number of amides is 2. The highest BCUT2D eigenvalue weighted by molar-refractivity contribution is 5.98. The van der Waals surface area contributed by atoms with Crippen LogP contribution in [0.1, 0.15) is 20.8 Å². The van der Waals surface area contributed by atoms with E-state index >= 15 is 0 Å². The Bertz CT molecular complexity index is 762. The first-order chi connectivity index (χ1) is 12.5. The minimum absolute atomic E-state index is 0.0503. The summed E-state index contributed by atoms with van der Waals surface area (Å²) in [6.45, 7) is 5.76. The molecule has 1 atom stereocenters. The van der Waals surface area contributed by atoms with Crippen molar-refractivity contribution in [3.05, 3.63) is 48.5 Å². The zero-order chi connectivity index (χ0) is 19.1. The molecule has 138 valence electrons. The number of carbonyl (C=O) groups excluding carboxylic acids is 2. The summed E-state index contributed by atoms with van der Waals surface area (Å²) in [6, 6.07) is 14.3.